The number of aliphatic hydroxyl groups excluding tert-OH is 1. The number of aromatic amines is 1. The van der Waals surface area contributed by atoms with Crippen molar-refractivity contribution in [3.63, 3.8) is 0 Å². The summed E-state index contributed by atoms with van der Waals surface area (Å²) in [7, 11) is 0. The lowest BCUT2D eigenvalue weighted by atomic mass is 10.3. The van der Waals surface area contributed by atoms with E-state index in [4.69, 9.17) is 5.11 Å². The number of rotatable bonds is 2. The highest BCUT2D eigenvalue weighted by atomic mass is 16.3. The Labute approximate surface area is 81.9 Å². The van der Waals surface area contributed by atoms with Crippen LogP contribution < -0.4 is 0 Å². The number of hydrogen-bond donors (Lipinski definition) is 2. The molecule has 74 valence electrons. The summed E-state index contributed by atoms with van der Waals surface area (Å²) in [5, 5.41) is 14.8. The molecule has 0 aromatic carbocycles. The molecule has 0 saturated carbocycles. The Morgan fingerprint density at radius 1 is 1.21 bits per heavy atom. The van der Waals surface area contributed by atoms with Crippen molar-refractivity contribution in [1.82, 2.24) is 20.2 Å². The van der Waals surface area contributed by atoms with Gasteiger partial charge < -0.3 is 5.11 Å². The molecule has 0 radical (unpaired) electrons. The molecule has 0 aliphatic heterocycles. The van der Waals surface area contributed by atoms with Gasteiger partial charge in [0.05, 0.1) is 0 Å². The number of nitrogens with zero attached hydrogens (tertiary/aromatic N) is 3. The SMILES string of the molecule is OCCc1ccn[nH]1.c1cncnc1. The molecule has 5 nitrogen and oxygen atoms in total. The third-order valence-electron chi connectivity index (χ3n) is 1.42. The van der Waals surface area contributed by atoms with Crippen LogP contribution in [-0.2, 0) is 6.42 Å². The van der Waals surface area contributed by atoms with Gasteiger partial charge in [-0.25, -0.2) is 9.97 Å². The minimum absolute atomic E-state index is 0.183. The molecule has 0 bridgehead atoms. The smallest absolute Gasteiger partial charge is 0.115 e. The third kappa shape index (κ3) is 4.32. The van der Waals surface area contributed by atoms with E-state index >= 15 is 0 Å². The van der Waals surface area contributed by atoms with E-state index in [0.29, 0.717) is 6.42 Å². The maximum atomic E-state index is 8.39. The molecule has 5 heteroatoms. The summed E-state index contributed by atoms with van der Waals surface area (Å²) < 4.78 is 0. The second-order valence-corrected chi connectivity index (χ2v) is 2.46. The van der Waals surface area contributed by atoms with Gasteiger partial charge in [0.15, 0.2) is 0 Å². The predicted molar refractivity (Wildman–Crippen MR) is 51.4 cm³/mol. The number of hydrogen-bond acceptors (Lipinski definition) is 4. The molecule has 2 N–H and O–H groups in total. The first-order valence-electron chi connectivity index (χ1n) is 4.22. The molecule has 0 saturated heterocycles. The lowest BCUT2D eigenvalue weighted by Crippen LogP contribution is -1.89. The van der Waals surface area contributed by atoms with E-state index in [2.05, 4.69) is 20.2 Å². The number of nitrogens with one attached hydrogen (secondary N) is 1. The van der Waals surface area contributed by atoms with Gasteiger partial charge in [-0.3, -0.25) is 5.10 Å². The van der Waals surface area contributed by atoms with Crippen molar-refractivity contribution < 1.29 is 5.11 Å². The molecule has 0 aliphatic rings. The highest BCUT2D eigenvalue weighted by Crippen LogP contribution is 1.89. The van der Waals surface area contributed by atoms with Crippen LogP contribution in [0.5, 0.6) is 0 Å². The first-order valence-corrected chi connectivity index (χ1v) is 4.22. The van der Waals surface area contributed by atoms with Crippen molar-refractivity contribution in [3.05, 3.63) is 42.7 Å². The van der Waals surface area contributed by atoms with Crippen LogP contribution in [0.1, 0.15) is 5.69 Å². The molecule has 2 rings (SSSR count). The van der Waals surface area contributed by atoms with Crippen LogP contribution in [0.3, 0.4) is 0 Å². The summed E-state index contributed by atoms with van der Waals surface area (Å²) >= 11 is 0. The molecule has 0 amide bonds. The lowest BCUT2D eigenvalue weighted by Gasteiger charge is -1.85. The van der Waals surface area contributed by atoms with Crippen molar-refractivity contribution in [2.45, 2.75) is 6.42 Å². The second-order valence-electron chi connectivity index (χ2n) is 2.46. The highest BCUT2D eigenvalue weighted by molar-refractivity contribution is 4.96. The zero-order chi connectivity index (χ0) is 10.1. The first-order chi connectivity index (χ1) is 6.93. The van der Waals surface area contributed by atoms with Gasteiger partial charge >= 0.3 is 0 Å². The van der Waals surface area contributed by atoms with Crippen LogP contribution >= 0.6 is 0 Å². The fourth-order valence-electron chi connectivity index (χ4n) is 0.798. The van der Waals surface area contributed by atoms with Crippen molar-refractivity contribution in [2.75, 3.05) is 6.61 Å². The van der Waals surface area contributed by atoms with Crippen LogP contribution in [0.4, 0.5) is 0 Å². The Kier molecular flexibility index (Phi) is 4.97. The molecular weight excluding hydrogens is 180 g/mol. The summed E-state index contributed by atoms with van der Waals surface area (Å²) in [6, 6.07) is 3.62. The number of aliphatic hydroxyl groups is 1. The molecule has 2 heterocycles. The third-order valence-corrected chi connectivity index (χ3v) is 1.42. The summed E-state index contributed by atoms with van der Waals surface area (Å²) in [5.41, 5.74) is 0.979. The average Bonchev–Trinajstić information content (AvgIpc) is 2.75. The van der Waals surface area contributed by atoms with Crippen LogP contribution in [0, 0.1) is 0 Å². The average molecular weight is 192 g/mol. The van der Waals surface area contributed by atoms with Gasteiger partial charge in [0, 0.05) is 37.3 Å². The largest absolute Gasteiger partial charge is 0.396 e. The van der Waals surface area contributed by atoms with Gasteiger partial charge in [-0.2, -0.15) is 5.10 Å². The molecule has 2 aromatic heterocycles. The van der Waals surface area contributed by atoms with E-state index in [1.807, 2.05) is 6.07 Å². The molecule has 0 unspecified atom stereocenters. The molecule has 0 atom stereocenters. The van der Waals surface area contributed by atoms with E-state index < -0.39 is 0 Å². The summed E-state index contributed by atoms with van der Waals surface area (Å²) in [6.45, 7) is 0.183. The number of H-pyrrole nitrogens is 1. The minimum atomic E-state index is 0.183. The first kappa shape index (κ1) is 10.3. The Bertz CT molecular complexity index is 282. The fraction of sp³-hybridized carbons (Fsp3) is 0.222. The Hall–Kier alpha value is -1.75. The molecule has 0 spiro atoms. The Balaban J connectivity index is 0.000000146. The summed E-state index contributed by atoms with van der Waals surface area (Å²) in [6.07, 6.45) is 7.21. The van der Waals surface area contributed by atoms with Gasteiger partial charge in [0.25, 0.3) is 0 Å². The van der Waals surface area contributed by atoms with Crippen LogP contribution in [0.15, 0.2) is 37.1 Å². The van der Waals surface area contributed by atoms with E-state index in [1.165, 1.54) is 6.33 Å². The van der Waals surface area contributed by atoms with Gasteiger partial charge in [0.1, 0.15) is 6.33 Å². The lowest BCUT2D eigenvalue weighted by molar-refractivity contribution is 0.298. The highest BCUT2D eigenvalue weighted by Gasteiger charge is 1.87. The molecule has 14 heavy (non-hydrogen) atoms. The van der Waals surface area contributed by atoms with E-state index in [9.17, 15) is 0 Å². The maximum absolute atomic E-state index is 8.39. The van der Waals surface area contributed by atoms with E-state index in [-0.39, 0.29) is 6.61 Å². The fourth-order valence-corrected chi connectivity index (χ4v) is 0.798. The molecule has 2 aromatic rings. The molecular formula is C9H12N4O. The summed E-state index contributed by atoms with van der Waals surface area (Å²) in [5.74, 6) is 0. The quantitative estimate of drug-likeness (QED) is 0.723. The van der Waals surface area contributed by atoms with E-state index in [1.54, 1.807) is 24.7 Å². The van der Waals surface area contributed by atoms with Crippen molar-refractivity contribution in [2.24, 2.45) is 0 Å². The van der Waals surface area contributed by atoms with Gasteiger partial charge in [-0.05, 0) is 12.1 Å². The van der Waals surface area contributed by atoms with Gasteiger partial charge in [0.2, 0.25) is 0 Å². The molecule has 0 aliphatic carbocycles. The zero-order valence-electron chi connectivity index (χ0n) is 7.67. The standard InChI is InChI=1S/C5H8N2O.C4H4N2/c8-4-2-5-1-3-6-7-5;1-2-5-4-6-3-1/h1,3,8H,2,4H2,(H,6,7);1-4H. The van der Waals surface area contributed by atoms with Crippen LogP contribution in [0.2, 0.25) is 0 Å². The number of aromatic nitrogens is 4. The van der Waals surface area contributed by atoms with Gasteiger partial charge in [-0.1, -0.05) is 0 Å². The Morgan fingerprint density at radius 2 is 2.00 bits per heavy atom. The van der Waals surface area contributed by atoms with Gasteiger partial charge in [-0.15, -0.1) is 0 Å². The van der Waals surface area contributed by atoms with Crippen molar-refractivity contribution in [3.8, 4) is 0 Å². The van der Waals surface area contributed by atoms with E-state index in [0.717, 1.165) is 5.69 Å². The Morgan fingerprint density at radius 3 is 2.36 bits per heavy atom. The zero-order valence-corrected chi connectivity index (χ0v) is 7.67. The minimum Gasteiger partial charge on any atom is -0.396 e. The topological polar surface area (TPSA) is 74.7 Å². The monoisotopic (exact) mass is 192 g/mol. The summed E-state index contributed by atoms with van der Waals surface area (Å²) in [4.78, 5) is 7.35. The van der Waals surface area contributed by atoms with Crippen LogP contribution in [0.25, 0.3) is 0 Å². The van der Waals surface area contributed by atoms with Crippen LogP contribution in [-0.4, -0.2) is 31.9 Å². The molecule has 0 fully saturated rings. The van der Waals surface area contributed by atoms with Crippen molar-refractivity contribution in [1.29, 1.82) is 0 Å². The predicted octanol–water partition coefficient (Wildman–Crippen LogP) is 0.421. The maximum Gasteiger partial charge on any atom is 0.115 e. The second kappa shape index (κ2) is 6.73. The normalized spacial score (nSPS) is 8.93. The van der Waals surface area contributed by atoms with Crippen molar-refractivity contribution >= 4 is 0 Å².